The number of benzene rings is 2. The monoisotopic (exact) mass is 363 g/mol. The summed E-state index contributed by atoms with van der Waals surface area (Å²) in [5.74, 6) is -0.651. The highest BCUT2D eigenvalue weighted by atomic mass is 16.2. The van der Waals surface area contributed by atoms with Crippen LogP contribution in [0, 0.1) is 0 Å². The molecule has 0 aliphatic rings. The fourth-order valence-corrected chi connectivity index (χ4v) is 2.77. The molecule has 0 saturated heterocycles. The van der Waals surface area contributed by atoms with Gasteiger partial charge in [0.25, 0.3) is 5.56 Å². The number of hydrogen-bond acceptors (Lipinski definition) is 5. The van der Waals surface area contributed by atoms with E-state index >= 15 is 0 Å². The Morgan fingerprint density at radius 1 is 1.15 bits per heavy atom. The smallest absolute Gasteiger partial charge is 0.307 e. The molecule has 1 amide bonds. The number of fused-ring (bicyclic) bond motifs is 1. The van der Waals surface area contributed by atoms with E-state index in [0.717, 1.165) is 24.3 Å². The van der Waals surface area contributed by atoms with Gasteiger partial charge in [0.2, 0.25) is 5.82 Å². The molecule has 7 heteroatoms. The Balaban J connectivity index is 1.69. The van der Waals surface area contributed by atoms with Crippen LogP contribution in [0.5, 0.6) is 0 Å². The summed E-state index contributed by atoms with van der Waals surface area (Å²) in [7, 11) is 0. The van der Waals surface area contributed by atoms with Crippen LogP contribution in [0.25, 0.3) is 10.9 Å². The van der Waals surface area contributed by atoms with Crippen LogP contribution >= 0.6 is 0 Å². The molecule has 0 unspecified atom stereocenters. The Hall–Kier alpha value is -3.48. The highest BCUT2D eigenvalue weighted by Crippen LogP contribution is 2.14. The van der Waals surface area contributed by atoms with Crippen LogP contribution in [-0.2, 0) is 0 Å². The van der Waals surface area contributed by atoms with Crippen molar-refractivity contribution in [3.05, 3.63) is 70.3 Å². The number of amides is 1. The Morgan fingerprint density at radius 2 is 1.85 bits per heavy atom. The van der Waals surface area contributed by atoms with Crippen LogP contribution in [0.4, 0.5) is 5.69 Å². The van der Waals surface area contributed by atoms with Crippen LogP contribution in [-0.4, -0.2) is 35.2 Å². The third-order valence-corrected chi connectivity index (χ3v) is 4.23. The summed E-state index contributed by atoms with van der Waals surface area (Å²) in [5.41, 5.74) is 4.48. The zero-order valence-electron chi connectivity index (χ0n) is 15.3. The molecule has 0 saturated carbocycles. The molecule has 0 aliphatic heterocycles. The highest BCUT2D eigenvalue weighted by molar-refractivity contribution is 5.93. The first-order valence-electron chi connectivity index (χ1n) is 8.79. The molecule has 138 valence electrons. The van der Waals surface area contributed by atoms with E-state index in [2.05, 4.69) is 39.2 Å². The molecule has 0 fully saturated rings. The summed E-state index contributed by atoms with van der Waals surface area (Å²) < 4.78 is 0. The molecule has 1 aromatic heterocycles. The number of H-pyrrole nitrogens is 1. The molecular weight excluding hydrogens is 342 g/mol. The van der Waals surface area contributed by atoms with Gasteiger partial charge in [-0.05, 0) is 43.7 Å². The third kappa shape index (κ3) is 4.20. The first-order chi connectivity index (χ1) is 13.1. The van der Waals surface area contributed by atoms with Crippen molar-refractivity contribution in [3.63, 3.8) is 0 Å². The lowest BCUT2D eigenvalue weighted by Gasteiger charge is -2.20. The number of anilines is 1. The molecular formula is C20H21N5O2. The van der Waals surface area contributed by atoms with Crippen molar-refractivity contribution in [1.29, 1.82) is 0 Å². The van der Waals surface area contributed by atoms with Crippen molar-refractivity contribution in [3.8, 4) is 0 Å². The Morgan fingerprint density at radius 3 is 2.56 bits per heavy atom. The molecule has 0 radical (unpaired) electrons. The summed E-state index contributed by atoms with van der Waals surface area (Å²) in [6.07, 6.45) is 1.54. The fourth-order valence-electron chi connectivity index (χ4n) is 2.77. The van der Waals surface area contributed by atoms with Gasteiger partial charge in [0, 0.05) is 18.8 Å². The molecule has 2 N–H and O–H groups in total. The van der Waals surface area contributed by atoms with Gasteiger partial charge in [-0.2, -0.15) is 5.10 Å². The SMILES string of the molecule is CCN(CC)c1ccc(/C=N/NC(=O)c2nc3ccccc3c(=O)[nH]2)cc1. The fraction of sp³-hybridized carbons (Fsp3) is 0.200. The number of aromatic amines is 1. The maximum Gasteiger partial charge on any atom is 0.307 e. The van der Waals surface area contributed by atoms with Gasteiger partial charge in [0.05, 0.1) is 17.1 Å². The molecule has 0 spiro atoms. The van der Waals surface area contributed by atoms with Gasteiger partial charge in [0.1, 0.15) is 0 Å². The number of nitrogens with one attached hydrogen (secondary N) is 2. The Labute approximate surface area is 156 Å². The molecule has 1 heterocycles. The van der Waals surface area contributed by atoms with E-state index in [1.54, 1.807) is 30.5 Å². The first-order valence-corrected chi connectivity index (χ1v) is 8.79. The van der Waals surface area contributed by atoms with E-state index in [1.165, 1.54) is 0 Å². The minimum Gasteiger partial charge on any atom is -0.372 e. The minimum absolute atomic E-state index is 0.0762. The van der Waals surface area contributed by atoms with Gasteiger partial charge < -0.3 is 9.88 Å². The number of carbonyl (C=O) groups excluding carboxylic acids is 1. The number of nitrogens with zero attached hydrogens (tertiary/aromatic N) is 3. The second-order valence-corrected chi connectivity index (χ2v) is 5.89. The molecule has 0 bridgehead atoms. The average molecular weight is 363 g/mol. The van der Waals surface area contributed by atoms with Crippen molar-refractivity contribution in [2.75, 3.05) is 18.0 Å². The molecule has 3 rings (SSSR count). The van der Waals surface area contributed by atoms with E-state index in [4.69, 9.17) is 0 Å². The zero-order valence-corrected chi connectivity index (χ0v) is 15.3. The predicted octanol–water partition coefficient (Wildman–Crippen LogP) is 2.53. The molecule has 3 aromatic rings. The van der Waals surface area contributed by atoms with Gasteiger partial charge in [-0.15, -0.1) is 0 Å². The highest BCUT2D eigenvalue weighted by Gasteiger charge is 2.10. The first kappa shape index (κ1) is 18.3. The van der Waals surface area contributed by atoms with E-state index in [9.17, 15) is 9.59 Å². The molecule has 0 atom stereocenters. The van der Waals surface area contributed by atoms with Crippen LogP contribution in [0.1, 0.15) is 30.0 Å². The second kappa shape index (κ2) is 8.27. The van der Waals surface area contributed by atoms with Crippen LogP contribution in [0.3, 0.4) is 0 Å². The van der Waals surface area contributed by atoms with Crippen LogP contribution in [0.15, 0.2) is 58.4 Å². The molecule has 27 heavy (non-hydrogen) atoms. The average Bonchev–Trinajstić information content (AvgIpc) is 2.70. The standard InChI is InChI=1S/C20H21N5O2/c1-3-25(4-2)15-11-9-14(10-12-15)13-21-24-20(27)18-22-17-8-6-5-7-16(17)19(26)23-18/h5-13H,3-4H2,1-2H3,(H,24,27)(H,22,23,26)/b21-13+. The van der Waals surface area contributed by atoms with E-state index in [1.807, 2.05) is 24.3 Å². The minimum atomic E-state index is -0.575. The van der Waals surface area contributed by atoms with Gasteiger partial charge in [-0.1, -0.05) is 24.3 Å². The summed E-state index contributed by atoms with van der Waals surface area (Å²) in [5, 5.41) is 4.38. The summed E-state index contributed by atoms with van der Waals surface area (Å²) in [6, 6.07) is 14.7. The number of rotatable bonds is 6. The number of hydrazone groups is 1. The summed E-state index contributed by atoms with van der Waals surface area (Å²) >= 11 is 0. The van der Waals surface area contributed by atoms with Crippen LogP contribution in [0.2, 0.25) is 0 Å². The third-order valence-electron chi connectivity index (χ3n) is 4.23. The van der Waals surface area contributed by atoms with Crippen LogP contribution < -0.4 is 15.9 Å². The van der Waals surface area contributed by atoms with Gasteiger partial charge in [-0.25, -0.2) is 10.4 Å². The normalized spacial score (nSPS) is 11.0. The van der Waals surface area contributed by atoms with E-state index < -0.39 is 5.91 Å². The quantitative estimate of drug-likeness (QED) is 0.520. The van der Waals surface area contributed by atoms with Gasteiger partial charge in [-0.3, -0.25) is 9.59 Å². The zero-order chi connectivity index (χ0) is 19.2. The molecule has 0 aliphatic carbocycles. The number of aromatic nitrogens is 2. The van der Waals surface area contributed by atoms with Crippen molar-refractivity contribution < 1.29 is 4.79 Å². The van der Waals surface area contributed by atoms with Gasteiger partial charge in [0.15, 0.2) is 0 Å². The molecule has 7 nitrogen and oxygen atoms in total. The maximum absolute atomic E-state index is 12.2. The lowest BCUT2D eigenvalue weighted by Crippen LogP contribution is -2.24. The second-order valence-electron chi connectivity index (χ2n) is 5.89. The molecule has 2 aromatic carbocycles. The van der Waals surface area contributed by atoms with Gasteiger partial charge >= 0.3 is 5.91 Å². The topological polar surface area (TPSA) is 90.4 Å². The lowest BCUT2D eigenvalue weighted by molar-refractivity contribution is 0.0945. The van der Waals surface area contributed by atoms with Crippen molar-refractivity contribution in [2.24, 2.45) is 5.10 Å². The van der Waals surface area contributed by atoms with E-state index in [-0.39, 0.29) is 11.4 Å². The summed E-state index contributed by atoms with van der Waals surface area (Å²) in [6.45, 7) is 6.10. The lowest BCUT2D eigenvalue weighted by atomic mass is 10.2. The maximum atomic E-state index is 12.2. The number of hydrogen-bond donors (Lipinski definition) is 2. The number of para-hydroxylation sites is 1. The van der Waals surface area contributed by atoms with Crippen molar-refractivity contribution in [2.45, 2.75) is 13.8 Å². The Bertz CT molecular complexity index is 1020. The number of carbonyl (C=O) groups is 1. The predicted molar refractivity (Wildman–Crippen MR) is 107 cm³/mol. The Kier molecular flexibility index (Phi) is 5.61. The van der Waals surface area contributed by atoms with Crippen molar-refractivity contribution >= 4 is 28.7 Å². The summed E-state index contributed by atoms with van der Waals surface area (Å²) in [4.78, 5) is 33.1. The van der Waals surface area contributed by atoms with Crippen molar-refractivity contribution in [1.82, 2.24) is 15.4 Å². The largest absolute Gasteiger partial charge is 0.372 e. The van der Waals surface area contributed by atoms with E-state index in [0.29, 0.717) is 10.9 Å².